The van der Waals surface area contributed by atoms with Gasteiger partial charge in [-0.05, 0) is 18.9 Å². The molecule has 2 rings (SSSR count). The molecule has 0 saturated carbocycles. The molecule has 0 saturated heterocycles. The Morgan fingerprint density at radius 1 is 1.32 bits per heavy atom. The van der Waals surface area contributed by atoms with Crippen LogP contribution in [0.15, 0.2) is 24.3 Å². The molecule has 0 spiro atoms. The monoisotopic (exact) mass is 261 g/mol. The van der Waals surface area contributed by atoms with E-state index in [0.717, 1.165) is 17.7 Å². The predicted molar refractivity (Wildman–Crippen MR) is 73.1 cm³/mol. The van der Waals surface area contributed by atoms with Crippen molar-refractivity contribution < 1.29 is 14.3 Å². The third-order valence-electron chi connectivity index (χ3n) is 3.71. The number of carbonyl (C=O) groups excluding carboxylic acids is 2. The highest BCUT2D eigenvalue weighted by molar-refractivity contribution is 6.20. The number of para-hydroxylation sites is 1. The van der Waals surface area contributed by atoms with Crippen molar-refractivity contribution in [2.45, 2.75) is 32.1 Å². The van der Waals surface area contributed by atoms with Crippen molar-refractivity contribution in [2.24, 2.45) is 0 Å². The summed E-state index contributed by atoms with van der Waals surface area (Å²) in [5.74, 6) is -0.629. The molecule has 0 N–H and O–H groups in total. The third-order valence-corrected chi connectivity index (χ3v) is 3.71. The summed E-state index contributed by atoms with van der Waals surface area (Å²) in [5.41, 5.74) is 0.384. The van der Waals surface area contributed by atoms with E-state index in [1.165, 1.54) is 0 Å². The minimum Gasteiger partial charge on any atom is -0.465 e. The first-order valence-electron chi connectivity index (χ1n) is 6.64. The van der Waals surface area contributed by atoms with Crippen LogP contribution in [0.3, 0.4) is 0 Å². The van der Waals surface area contributed by atoms with Gasteiger partial charge in [0.25, 0.3) is 0 Å². The molecule has 1 aromatic carbocycles. The van der Waals surface area contributed by atoms with Crippen molar-refractivity contribution in [1.29, 1.82) is 0 Å². The number of likely N-dealkylation sites (N-methyl/N-ethyl adjacent to an activating group) is 1. The summed E-state index contributed by atoms with van der Waals surface area (Å²) in [7, 11) is 1.70. The lowest BCUT2D eigenvalue weighted by atomic mass is 9.79. The molecule has 1 aliphatic rings. The van der Waals surface area contributed by atoms with Crippen LogP contribution in [0.2, 0.25) is 0 Å². The number of amides is 1. The molecule has 0 bridgehead atoms. The van der Waals surface area contributed by atoms with Gasteiger partial charge in [-0.2, -0.15) is 0 Å². The van der Waals surface area contributed by atoms with Gasteiger partial charge in [0, 0.05) is 18.3 Å². The Kier molecular flexibility index (Phi) is 3.60. The molecule has 0 unspecified atom stereocenters. The van der Waals surface area contributed by atoms with Gasteiger partial charge in [-0.25, -0.2) is 0 Å². The van der Waals surface area contributed by atoms with Gasteiger partial charge in [0.05, 0.1) is 6.61 Å². The van der Waals surface area contributed by atoms with E-state index in [2.05, 4.69) is 0 Å². The Hall–Kier alpha value is -1.84. The van der Waals surface area contributed by atoms with Crippen molar-refractivity contribution >= 4 is 17.6 Å². The average Bonchev–Trinajstić information content (AvgIpc) is 2.66. The van der Waals surface area contributed by atoms with E-state index in [1.807, 2.05) is 38.1 Å². The Balaban J connectivity index is 2.50. The lowest BCUT2D eigenvalue weighted by Crippen LogP contribution is -2.45. The highest BCUT2D eigenvalue weighted by Crippen LogP contribution is 2.44. The number of hydrogen-bond acceptors (Lipinski definition) is 3. The number of nitrogens with zero attached hydrogens (tertiary/aromatic N) is 1. The number of ether oxygens (including phenoxy) is 1. The van der Waals surface area contributed by atoms with Gasteiger partial charge in [0.15, 0.2) is 5.41 Å². The highest BCUT2D eigenvalue weighted by Gasteiger charge is 2.55. The first-order valence-corrected chi connectivity index (χ1v) is 6.64. The van der Waals surface area contributed by atoms with Gasteiger partial charge in [-0.15, -0.1) is 0 Å². The number of esters is 1. The van der Waals surface area contributed by atoms with Gasteiger partial charge in [0.2, 0.25) is 5.91 Å². The average molecular weight is 261 g/mol. The number of carbonyl (C=O) groups is 2. The predicted octanol–water partition coefficient (Wildman–Crippen LogP) is 2.26. The van der Waals surface area contributed by atoms with Crippen LogP contribution in [0.1, 0.15) is 32.3 Å². The minimum atomic E-state index is -1.17. The van der Waals surface area contributed by atoms with E-state index in [0.29, 0.717) is 13.0 Å². The zero-order valence-electron chi connectivity index (χ0n) is 11.6. The van der Waals surface area contributed by atoms with Crippen LogP contribution in [0.5, 0.6) is 0 Å². The fourth-order valence-electron chi connectivity index (χ4n) is 2.64. The first-order chi connectivity index (χ1) is 9.09. The van der Waals surface area contributed by atoms with E-state index in [9.17, 15) is 9.59 Å². The van der Waals surface area contributed by atoms with Crippen molar-refractivity contribution in [1.82, 2.24) is 0 Å². The topological polar surface area (TPSA) is 46.6 Å². The van der Waals surface area contributed by atoms with Gasteiger partial charge in [0.1, 0.15) is 0 Å². The summed E-state index contributed by atoms with van der Waals surface area (Å²) in [4.78, 5) is 26.5. The first kappa shape index (κ1) is 13.6. The lowest BCUT2D eigenvalue weighted by molar-refractivity contribution is -0.154. The quantitative estimate of drug-likeness (QED) is 0.617. The standard InChI is InChI=1S/C15H19NO3/c1-4-10-19-14(18)15(5-2)11-8-6-7-9-12(11)16(3)13(15)17/h6-9H,4-5,10H2,1-3H3/t15-/m0/s1. The summed E-state index contributed by atoms with van der Waals surface area (Å²) in [5, 5.41) is 0. The molecule has 1 aliphatic heterocycles. The van der Waals surface area contributed by atoms with Crippen LogP contribution < -0.4 is 4.90 Å². The fourth-order valence-corrected chi connectivity index (χ4v) is 2.64. The molecule has 1 heterocycles. The second kappa shape index (κ2) is 5.03. The van der Waals surface area contributed by atoms with Crippen LogP contribution in [-0.2, 0) is 19.7 Å². The molecule has 102 valence electrons. The Morgan fingerprint density at radius 3 is 2.63 bits per heavy atom. The number of fused-ring (bicyclic) bond motifs is 1. The van der Waals surface area contributed by atoms with Gasteiger partial charge < -0.3 is 9.64 Å². The van der Waals surface area contributed by atoms with Crippen LogP contribution in [0.4, 0.5) is 5.69 Å². The largest absolute Gasteiger partial charge is 0.465 e. The number of hydrogen-bond donors (Lipinski definition) is 0. The molecule has 19 heavy (non-hydrogen) atoms. The van der Waals surface area contributed by atoms with Crippen LogP contribution in [0.25, 0.3) is 0 Å². The minimum absolute atomic E-state index is 0.197. The molecule has 4 nitrogen and oxygen atoms in total. The molecule has 0 aromatic heterocycles. The molecule has 0 aliphatic carbocycles. The van der Waals surface area contributed by atoms with E-state index in [-0.39, 0.29) is 5.91 Å². The van der Waals surface area contributed by atoms with Crippen molar-refractivity contribution in [3.63, 3.8) is 0 Å². The molecule has 0 radical (unpaired) electrons. The zero-order valence-corrected chi connectivity index (χ0v) is 11.6. The van der Waals surface area contributed by atoms with Crippen LogP contribution in [0, 0.1) is 0 Å². The summed E-state index contributed by atoms with van der Waals surface area (Å²) in [6.07, 6.45) is 1.16. The third kappa shape index (κ3) is 1.82. The molecule has 0 fully saturated rings. The zero-order chi connectivity index (χ0) is 14.0. The van der Waals surface area contributed by atoms with E-state index < -0.39 is 11.4 Å². The molecule has 4 heteroatoms. The second-order valence-corrected chi connectivity index (χ2v) is 4.78. The number of benzene rings is 1. The Bertz CT molecular complexity index is 512. The summed E-state index contributed by atoms with van der Waals surface area (Å²) < 4.78 is 5.26. The SMILES string of the molecule is CCCOC(=O)[C@]1(CC)C(=O)N(C)c2ccccc21. The van der Waals surface area contributed by atoms with E-state index in [4.69, 9.17) is 4.74 Å². The van der Waals surface area contributed by atoms with Crippen LogP contribution in [-0.4, -0.2) is 25.5 Å². The Labute approximate surface area is 113 Å². The maximum absolute atomic E-state index is 12.5. The van der Waals surface area contributed by atoms with Gasteiger partial charge in [-0.3, -0.25) is 9.59 Å². The molecular formula is C15H19NO3. The normalized spacial score (nSPS) is 21.4. The molecule has 1 amide bonds. The second-order valence-electron chi connectivity index (χ2n) is 4.78. The smallest absolute Gasteiger partial charge is 0.326 e. The molecule has 1 aromatic rings. The van der Waals surface area contributed by atoms with Crippen molar-refractivity contribution in [3.05, 3.63) is 29.8 Å². The number of anilines is 1. The molecular weight excluding hydrogens is 242 g/mol. The van der Waals surface area contributed by atoms with Gasteiger partial charge >= 0.3 is 5.97 Å². The van der Waals surface area contributed by atoms with E-state index in [1.54, 1.807) is 11.9 Å². The van der Waals surface area contributed by atoms with Crippen LogP contribution >= 0.6 is 0 Å². The summed E-state index contributed by atoms with van der Waals surface area (Å²) >= 11 is 0. The van der Waals surface area contributed by atoms with Crippen molar-refractivity contribution in [3.8, 4) is 0 Å². The maximum atomic E-state index is 12.5. The molecule has 1 atom stereocenters. The fraction of sp³-hybridized carbons (Fsp3) is 0.467. The van der Waals surface area contributed by atoms with E-state index >= 15 is 0 Å². The Morgan fingerprint density at radius 2 is 2.00 bits per heavy atom. The highest BCUT2D eigenvalue weighted by atomic mass is 16.5. The maximum Gasteiger partial charge on any atom is 0.326 e. The lowest BCUT2D eigenvalue weighted by Gasteiger charge is -2.24. The van der Waals surface area contributed by atoms with Crippen molar-refractivity contribution in [2.75, 3.05) is 18.6 Å². The van der Waals surface area contributed by atoms with Gasteiger partial charge in [-0.1, -0.05) is 32.0 Å². The summed E-state index contributed by atoms with van der Waals surface area (Å²) in [6.45, 7) is 4.13. The summed E-state index contributed by atoms with van der Waals surface area (Å²) in [6, 6.07) is 7.42. The number of rotatable bonds is 4.